The molecule has 104 valence electrons. The zero-order valence-electron chi connectivity index (χ0n) is 10.7. The molecule has 2 rings (SSSR count). The average Bonchev–Trinajstić information content (AvgIpc) is 2.43. The summed E-state index contributed by atoms with van der Waals surface area (Å²) in [5.74, 6) is -0.345. The van der Waals surface area contributed by atoms with Crippen LogP contribution in [0, 0.1) is 10.1 Å². The lowest BCUT2D eigenvalue weighted by molar-refractivity contribution is -0.383. The number of carbonyl (C=O) groups excluding carboxylic acids is 1. The van der Waals surface area contributed by atoms with Crippen molar-refractivity contribution in [2.45, 2.75) is 12.8 Å². The molecule has 0 fully saturated rings. The van der Waals surface area contributed by atoms with Gasteiger partial charge in [-0.3, -0.25) is 19.9 Å². The Labute approximate surface area is 114 Å². The molecular formula is C13H14N4O3. The molecule has 3 N–H and O–H groups in total. The van der Waals surface area contributed by atoms with Gasteiger partial charge in [0.05, 0.1) is 10.3 Å². The van der Waals surface area contributed by atoms with E-state index in [1.807, 2.05) is 0 Å². The Morgan fingerprint density at radius 3 is 2.85 bits per heavy atom. The van der Waals surface area contributed by atoms with Crippen molar-refractivity contribution in [1.29, 1.82) is 0 Å². The zero-order valence-corrected chi connectivity index (χ0v) is 10.7. The van der Waals surface area contributed by atoms with E-state index < -0.39 is 4.92 Å². The summed E-state index contributed by atoms with van der Waals surface area (Å²) in [7, 11) is 0. The maximum absolute atomic E-state index is 11.0. The summed E-state index contributed by atoms with van der Waals surface area (Å²) >= 11 is 0. The predicted molar refractivity (Wildman–Crippen MR) is 75.3 cm³/mol. The molecule has 1 aromatic carbocycles. The number of nitrogens with one attached hydrogen (secondary N) is 1. The number of nitro benzene ring substituents is 1. The minimum absolute atomic E-state index is 0.0464. The SMILES string of the molecule is NC(=O)CCCNc1ccc([N+](=O)[O-])c2ccncc12. The fraction of sp³-hybridized carbons (Fsp3) is 0.231. The van der Waals surface area contributed by atoms with Gasteiger partial charge in [-0.2, -0.15) is 0 Å². The van der Waals surface area contributed by atoms with E-state index in [-0.39, 0.29) is 11.6 Å². The van der Waals surface area contributed by atoms with Crippen LogP contribution >= 0.6 is 0 Å². The molecule has 0 unspecified atom stereocenters. The molecule has 0 aliphatic rings. The lowest BCUT2D eigenvalue weighted by Gasteiger charge is -2.09. The third-order valence-electron chi connectivity index (χ3n) is 2.91. The van der Waals surface area contributed by atoms with Gasteiger partial charge in [-0.15, -0.1) is 0 Å². The van der Waals surface area contributed by atoms with Gasteiger partial charge in [0.25, 0.3) is 5.69 Å². The largest absolute Gasteiger partial charge is 0.384 e. The van der Waals surface area contributed by atoms with Crippen molar-refractivity contribution in [3.8, 4) is 0 Å². The molecule has 1 amide bonds. The van der Waals surface area contributed by atoms with E-state index in [9.17, 15) is 14.9 Å². The first-order chi connectivity index (χ1) is 9.59. The van der Waals surface area contributed by atoms with E-state index >= 15 is 0 Å². The van der Waals surface area contributed by atoms with E-state index in [4.69, 9.17) is 5.73 Å². The van der Waals surface area contributed by atoms with Gasteiger partial charge in [-0.05, 0) is 18.6 Å². The summed E-state index contributed by atoms with van der Waals surface area (Å²) < 4.78 is 0. The Morgan fingerprint density at radius 2 is 2.15 bits per heavy atom. The number of pyridine rings is 1. The second-order valence-corrected chi connectivity index (χ2v) is 4.31. The van der Waals surface area contributed by atoms with Crippen LogP contribution in [0.3, 0.4) is 0 Å². The fourth-order valence-corrected chi connectivity index (χ4v) is 1.97. The van der Waals surface area contributed by atoms with Gasteiger partial charge in [0.1, 0.15) is 0 Å². The second-order valence-electron chi connectivity index (χ2n) is 4.31. The minimum atomic E-state index is -0.417. The first kappa shape index (κ1) is 13.7. The fourth-order valence-electron chi connectivity index (χ4n) is 1.97. The Kier molecular flexibility index (Phi) is 4.09. The second kappa shape index (κ2) is 5.96. The molecule has 0 spiro atoms. The maximum Gasteiger partial charge on any atom is 0.277 e. The van der Waals surface area contributed by atoms with Gasteiger partial charge < -0.3 is 11.1 Å². The maximum atomic E-state index is 11.0. The third kappa shape index (κ3) is 3.00. The van der Waals surface area contributed by atoms with Crippen molar-refractivity contribution in [3.05, 3.63) is 40.7 Å². The van der Waals surface area contributed by atoms with E-state index in [1.165, 1.54) is 12.3 Å². The molecule has 0 aliphatic heterocycles. The average molecular weight is 274 g/mol. The highest BCUT2D eigenvalue weighted by molar-refractivity contribution is 5.99. The van der Waals surface area contributed by atoms with E-state index in [1.54, 1.807) is 18.3 Å². The summed E-state index contributed by atoms with van der Waals surface area (Å²) in [6.07, 6.45) is 4.01. The molecule has 1 heterocycles. The highest BCUT2D eigenvalue weighted by Gasteiger charge is 2.13. The number of non-ortho nitro benzene ring substituents is 1. The summed E-state index contributed by atoms with van der Waals surface area (Å²) in [6, 6.07) is 4.72. The Balaban J connectivity index is 2.24. The number of hydrogen-bond acceptors (Lipinski definition) is 5. The van der Waals surface area contributed by atoms with Crippen LogP contribution in [-0.4, -0.2) is 22.4 Å². The molecule has 20 heavy (non-hydrogen) atoms. The molecule has 0 atom stereocenters. The Hall–Kier alpha value is -2.70. The molecule has 0 saturated heterocycles. The number of primary amides is 1. The first-order valence-electron chi connectivity index (χ1n) is 6.13. The van der Waals surface area contributed by atoms with E-state index in [0.29, 0.717) is 30.2 Å². The highest BCUT2D eigenvalue weighted by Crippen LogP contribution is 2.30. The number of nitro groups is 1. The molecule has 0 radical (unpaired) electrons. The van der Waals surface area contributed by atoms with Crippen LogP contribution in [0.15, 0.2) is 30.6 Å². The van der Waals surface area contributed by atoms with Gasteiger partial charge in [0, 0.05) is 42.5 Å². The minimum Gasteiger partial charge on any atom is -0.384 e. The van der Waals surface area contributed by atoms with Crippen LogP contribution in [0.2, 0.25) is 0 Å². The zero-order chi connectivity index (χ0) is 14.5. The van der Waals surface area contributed by atoms with E-state index in [2.05, 4.69) is 10.3 Å². The lowest BCUT2D eigenvalue weighted by atomic mass is 10.1. The standard InChI is InChI=1S/C13H14N4O3/c14-13(18)2-1-6-16-11-3-4-12(17(19)20)9-5-7-15-8-10(9)11/h3-5,7-8,16H,1-2,6H2,(H2,14,18). The third-order valence-corrected chi connectivity index (χ3v) is 2.91. The molecule has 0 bridgehead atoms. The monoisotopic (exact) mass is 274 g/mol. The summed E-state index contributed by atoms with van der Waals surface area (Å²) in [4.78, 5) is 25.2. The van der Waals surface area contributed by atoms with E-state index in [0.717, 1.165) is 5.69 Å². The topological polar surface area (TPSA) is 111 Å². The molecule has 7 nitrogen and oxygen atoms in total. The van der Waals surface area contributed by atoms with Crippen molar-refractivity contribution in [1.82, 2.24) is 4.98 Å². The number of amides is 1. The number of aromatic nitrogens is 1. The van der Waals surface area contributed by atoms with Gasteiger partial charge >= 0.3 is 0 Å². The number of rotatable bonds is 6. The molecular weight excluding hydrogens is 260 g/mol. The number of carbonyl (C=O) groups is 1. The first-order valence-corrected chi connectivity index (χ1v) is 6.13. The van der Waals surface area contributed by atoms with Gasteiger partial charge in [0.15, 0.2) is 0 Å². The van der Waals surface area contributed by atoms with Crippen LogP contribution < -0.4 is 11.1 Å². The van der Waals surface area contributed by atoms with Crippen molar-refractivity contribution >= 4 is 28.1 Å². The van der Waals surface area contributed by atoms with Crippen molar-refractivity contribution in [3.63, 3.8) is 0 Å². The van der Waals surface area contributed by atoms with Crippen molar-refractivity contribution in [2.24, 2.45) is 5.73 Å². The number of nitrogens with two attached hydrogens (primary N) is 1. The molecule has 0 aliphatic carbocycles. The molecule has 7 heteroatoms. The smallest absolute Gasteiger partial charge is 0.277 e. The van der Waals surface area contributed by atoms with Crippen LogP contribution in [0.4, 0.5) is 11.4 Å². The number of benzene rings is 1. The van der Waals surface area contributed by atoms with Crippen LogP contribution in [0.5, 0.6) is 0 Å². The van der Waals surface area contributed by atoms with Crippen molar-refractivity contribution in [2.75, 3.05) is 11.9 Å². The molecule has 0 saturated carbocycles. The highest BCUT2D eigenvalue weighted by atomic mass is 16.6. The number of hydrogen-bond donors (Lipinski definition) is 2. The Bertz CT molecular complexity index is 657. The summed E-state index contributed by atoms with van der Waals surface area (Å²) in [5, 5.41) is 15.3. The number of nitrogens with zero attached hydrogens (tertiary/aromatic N) is 2. The van der Waals surface area contributed by atoms with Gasteiger partial charge in [-0.25, -0.2) is 0 Å². The molecule has 1 aromatic heterocycles. The number of fused-ring (bicyclic) bond motifs is 1. The quantitative estimate of drug-likeness (QED) is 0.474. The summed E-state index contributed by atoms with van der Waals surface area (Å²) in [5.41, 5.74) is 5.86. The normalized spacial score (nSPS) is 10.4. The Morgan fingerprint density at radius 1 is 1.35 bits per heavy atom. The summed E-state index contributed by atoms with van der Waals surface area (Å²) in [6.45, 7) is 0.560. The van der Waals surface area contributed by atoms with Crippen LogP contribution in [0.25, 0.3) is 10.8 Å². The van der Waals surface area contributed by atoms with Crippen LogP contribution in [0.1, 0.15) is 12.8 Å². The van der Waals surface area contributed by atoms with Crippen LogP contribution in [-0.2, 0) is 4.79 Å². The molecule has 2 aromatic rings. The van der Waals surface area contributed by atoms with Gasteiger partial charge in [-0.1, -0.05) is 0 Å². The van der Waals surface area contributed by atoms with Crippen molar-refractivity contribution < 1.29 is 9.72 Å². The number of anilines is 1. The predicted octanol–water partition coefficient (Wildman–Crippen LogP) is 1.82. The lowest BCUT2D eigenvalue weighted by Crippen LogP contribution is -2.12. The van der Waals surface area contributed by atoms with Gasteiger partial charge in [0.2, 0.25) is 5.91 Å².